The number of alkyl halides is 3. The van der Waals surface area contributed by atoms with E-state index in [1.165, 1.54) is 4.31 Å². The molecule has 0 unspecified atom stereocenters. The minimum atomic E-state index is -4.56. The van der Waals surface area contributed by atoms with Crippen molar-refractivity contribution in [2.45, 2.75) is 30.3 Å². The summed E-state index contributed by atoms with van der Waals surface area (Å²) in [6.45, 7) is 0.812. The number of halogens is 3. The quantitative estimate of drug-likeness (QED) is 0.841. The van der Waals surface area contributed by atoms with Crippen LogP contribution in [0.3, 0.4) is 0 Å². The van der Waals surface area contributed by atoms with Gasteiger partial charge in [-0.25, -0.2) is 8.42 Å². The van der Waals surface area contributed by atoms with Gasteiger partial charge in [0.15, 0.2) is 0 Å². The van der Waals surface area contributed by atoms with Gasteiger partial charge in [-0.15, -0.1) is 0 Å². The molecule has 19 heavy (non-hydrogen) atoms. The molecule has 0 spiro atoms. The second kappa shape index (κ2) is 5.09. The Bertz CT molecular complexity index is 534. The van der Waals surface area contributed by atoms with Crippen LogP contribution in [0.5, 0.6) is 0 Å². The monoisotopic (exact) mass is 294 g/mol. The normalized spacial score (nSPS) is 18.5. The summed E-state index contributed by atoms with van der Waals surface area (Å²) < 4.78 is 62.6. The summed E-state index contributed by atoms with van der Waals surface area (Å²) in [5, 5.41) is 0. The molecule has 0 radical (unpaired) electrons. The molecule has 2 rings (SSSR count). The number of pyridine rings is 1. The molecule has 2 heterocycles. The molecule has 8 heteroatoms. The number of sulfonamides is 1. The molecule has 1 aliphatic heterocycles. The first-order chi connectivity index (χ1) is 8.82. The number of aromatic nitrogens is 1. The molecule has 0 bridgehead atoms. The zero-order chi connectivity index (χ0) is 14.1. The number of rotatable bonds is 2. The van der Waals surface area contributed by atoms with Crippen LogP contribution in [-0.4, -0.2) is 30.8 Å². The van der Waals surface area contributed by atoms with E-state index in [0.717, 1.165) is 31.5 Å². The summed E-state index contributed by atoms with van der Waals surface area (Å²) in [6, 6.07) is 1.65. The van der Waals surface area contributed by atoms with Crippen LogP contribution < -0.4 is 0 Å². The smallest absolute Gasteiger partial charge is 0.250 e. The van der Waals surface area contributed by atoms with Gasteiger partial charge in [0.25, 0.3) is 0 Å². The van der Waals surface area contributed by atoms with Crippen LogP contribution in [0.25, 0.3) is 0 Å². The lowest BCUT2D eigenvalue weighted by molar-refractivity contribution is -0.141. The highest BCUT2D eigenvalue weighted by Crippen LogP contribution is 2.28. The van der Waals surface area contributed by atoms with Gasteiger partial charge in [-0.3, -0.25) is 4.98 Å². The maximum Gasteiger partial charge on any atom is 0.433 e. The second-order valence-corrected chi connectivity index (χ2v) is 6.28. The highest BCUT2D eigenvalue weighted by molar-refractivity contribution is 7.89. The first kappa shape index (κ1) is 14.3. The maximum atomic E-state index is 12.3. The number of piperidine rings is 1. The Hall–Kier alpha value is -1.15. The molecule has 1 aromatic rings. The van der Waals surface area contributed by atoms with Crippen LogP contribution >= 0.6 is 0 Å². The Balaban J connectivity index is 2.26. The summed E-state index contributed by atoms with van der Waals surface area (Å²) in [5.74, 6) is 0. The van der Waals surface area contributed by atoms with Crippen molar-refractivity contribution in [2.75, 3.05) is 13.1 Å². The van der Waals surface area contributed by atoms with E-state index in [1.807, 2.05) is 0 Å². The topological polar surface area (TPSA) is 50.3 Å². The average Bonchev–Trinajstić information content (AvgIpc) is 2.39. The number of hydrogen-bond acceptors (Lipinski definition) is 3. The molecule has 106 valence electrons. The minimum absolute atomic E-state index is 0.192. The summed E-state index contributed by atoms with van der Waals surface area (Å²) in [4.78, 5) is 2.99. The SMILES string of the molecule is O=S(=O)(c1ccc(C(F)(F)F)nc1)N1CCCCC1. The number of nitrogens with zero attached hydrogens (tertiary/aromatic N) is 2. The van der Waals surface area contributed by atoms with Crippen molar-refractivity contribution in [3.8, 4) is 0 Å². The van der Waals surface area contributed by atoms with E-state index in [-0.39, 0.29) is 4.90 Å². The Labute approximate surface area is 109 Å². The largest absolute Gasteiger partial charge is 0.433 e. The Morgan fingerprint density at radius 3 is 2.21 bits per heavy atom. The van der Waals surface area contributed by atoms with Gasteiger partial charge in [0, 0.05) is 19.3 Å². The van der Waals surface area contributed by atoms with Crippen molar-refractivity contribution in [1.29, 1.82) is 0 Å². The molecule has 0 aliphatic carbocycles. The van der Waals surface area contributed by atoms with Gasteiger partial charge in [-0.1, -0.05) is 6.42 Å². The first-order valence-electron chi connectivity index (χ1n) is 5.85. The second-order valence-electron chi connectivity index (χ2n) is 4.34. The third-order valence-electron chi connectivity index (χ3n) is 2.98. The average molecular weight is 294 g/mol. The number of hydrogen-bond donors (Lipinski definition) is 0. The lowest BCUT2D eigenvalue weighted by Crippen LogP contribution is -2.35. The van der Waals surface area contributed by atoms with E-state index >= 15 is 0 Å². The first-order valence-corrected chi connectivity index (χ1v) is 7.29. The van der Waals surface area contributed by atoms with Gasteiger partial charge in [-0.05, 0) is 25.0 Å². The van der Waals surface area contributed by atoms with Crippen molar-refractivity contribution < 1.29 is 21.6 Å². The van der Waals surface area contributed by atoms with Crippen molar-refractivity contribution in [1.82, 2.24) is 9.29 Å². The molecular formula is C11H13F3N2O2S. The van der Waals surface area contributed by atoms with Crippen molar-refractivity contribution in [3.05, 3.63) is 24.0 Å². The van der Waals surface area contributed by atoms with E-state index in [1.54, 1.807) is 0 Å². The van der Waals surface area contributed by atoms with Crippen LogP contribution in [0.15, 0.2) is 23.2 Å². The highest BCUT2D eigenvalue weighted by Gasteiger charge is 2.33. The van der Waals surface area contributed by atoms with E-state index in [2.05, 4.69) is 4.98 Å². The fraction of sp³-hybridized carbons (Fsp3) is 0.545. The molecule has 1 fully saturated rings. The molecule has 1 saturated heterocycles. The van der Waals surface area contributed by atoms with Crippen molar-refractivity contribution >= 4 is 10.0 Å². The Morgan fingerprint density at radius 2 is 1.74 bits per heavy atom. The summed E-state index contributed by atoms with van der Waals surface area (Å²) >= 11 is 0. The zero-order valence-corrected chi connectivity index (χ0v) is 10.8. The van der Waals surface area contributed by atoms with E-state index in [9.17, 15) is 21.6 Å². The predicted octanol–water partition coefficient (Wildman–Crippen LogP) is 2.28. The zero-order valence-electron chi connectivity index (χ0n) is 10.0. The van der Waals surface area contributed by atoms with Crippen molar-refractivity contribution in [3.63, 3.8) is 0 Å². The van der Waals surface area contributed by atoms with Gasteiger partial charge < -0.3 is 0 Å². The molecular weight excluding hydrogens is 281 g/mol. The molecule has 0 saturated carbocycles. The van der Waals surface area contributed by atoms with Gasteiger partial charge in [-0.2, -0.15) is 17.5 Å². The lowest BCUT2D eigenvalue weighted by Gasteiger charge is -2.25. The molecule has 0 atom stereocenters. The molecule has 4 nitrogen and oxygen atoms in total. The third kappa shape index (κ3) is 3.06. The van der Waals surface area contributed by atoms with Crippen LogP contribution in [0.4, 0.5) is 13.2 Å². The van der Waals surface area contributed by atoms with E-state index in [4.69, 9.17) is 0 Å². The molecule has 0 aromatic carbocycles. The summed E-state index contributed by atoms with van der Waals surface area (Å²) in [6.07, 6.45) is -1.28. The molecule has 1 aromatic heterocycles. The molecule has 1 aliphatic rings. The lowest BCUT2D eigenvalue weighted by atomic mass is 10.2. The van der Waals surface area contributed by atoms with Crippen LogP contribution in [-0.2, 0) is 16.2 Å². The van der Waals surface area contributed by atoms with Crippen LogP contribution in [0, 0.1) is 0 Å². The van der Waals surface area contributed by atoms with Gasteiger partial charge in [0.05, 0.1) is 0 Å². The Morgan fingerprint density at radius 1 is 1.11 bits per heavy atom. The molecule has 0 N–H and O–H groups in total. The standard InChI is InChI=1S/C11H13F3N2O2S/c12-11(13,14)10-5-4-9(8-15-10)19(17,18)16-6-2-1-3-7-16/h4-5,8H,1-3,6-7H2. The molecule has 0 amide bonds. The summed E-state index contributed by atoms with van der Waals surface area (Å²) in [7, 11) is -3.72. The highest BCUT2D eigenvalue weighted by atomic mass is 32.2. The third-order valence-corrected chi connectivity index (χ3v) is 4.86. The predicted molar refractivity (Wildman–Crippen MR) is 61.8 cm³/mol. The van der Waals surface area contributed by atoms with Gasteiger partial charge in [0.1, 0.15) is 10.6 Å². The van der Waals surface area contributed by atoms with Gasteiger partial charge in [0.2, 0.25) is 10.0 Å². The van der Waals surface area contributed by atoms with Crippen LogP contribution in [0.1, 0.15) is 25.0 Å². The van der Waals surface area contributed by atoms with E-state index < -0.39 is 21.9 Å². The Kier molecular flexibility index (Phi) is 3.82. The van der Waals surface area contributed by atoms with Gasteiger partial charge >= 0.3 is 6.18 Å². The fourth-order valence-corrected chi connectivity index (χ4v) is 3.42. The van der Waals surface area contributed by atoms with Crippen molar-refractivity contribution in [2.24, 2.45) is 0 Å². The summed E-state index contributed by atoms with van der Waals surface area (Å²) in [5.41, 5.74) is -1.09. The minimum Gasteiger partial charge on any atom is -0.250 e. The van der Waals surface area contributed by atoms with E-state index in [0.29, 0.717) is 19.2 Å². The fourth-order valence-electron chi connectivity index (χ4n) is 1.95. The maximum absolute atomic E-state index is 12.3. The van der Waals surface area contributed by atoms with Crippen LogP contribution in [0.2, 0.25) is 0 Å².